The van der Waals surface area contributed by atoms with Crippen molar-refractivity contribution in [3.05, 3.63) is 33.0 Å². The molecule has 0 aromatic carbocycles. The van der Waals surface area contributed by atoms with Crippen LogP contribution < -0.4 is 5.32 Å². The SMILES string of the molecule is CCCNC(Cc1nc(C)cs1)c1c(Cl)cnn1CCC. The van der Waals surface area contributed by atoms with Crippen LogP contribution in [0.2, 0.25) is 5.02 Å². The Morgan fingerprint density at radius 1 is 1.38 bits per heavy atom. The van der Waals surface area contributed by atoms with Crippen molar-refractivity contribution in [2.24, 2.45) is 0 Å². The van der Waals surface area contributed by atoms with Gasteiger partial charge in [0.05, 0.1) is 28.0 Å². The standard InChI is InChI=1S/C15H23ClN4S/c1-4-6-17-13(8-14-19-11(3)10-21-14)15-12(16)9-18-20(15)7-5-2/h9-10,13,17H,4-8H2,1-3H3. The zero-order valence-corrected chi connectivity index (χ0v) is 14.5. The number of aryl methyl sites for hydroxylation is 2. The minimum Gasteiger partial charge on any atom is -0.308 e. The van der Waals surface area contributed by atoms with Crippen molar-refractivity contribution < 1.29 is 0 Å². The van der Waals surface area contributed by atoms with Crippen LogP contribution in [0, 0.1) is 6.92 Å². The Morgan fingerprint density at radius 2 is 2.19 bits per heavy atom. The van der Waals surface area contributed by atoms with Crippen molar-refractivity contribution in [3.8, 4) is 0 Å². The van der Waals surface area contributed by atoms with Gasteiger partial charge in [0.25, 0.3) is 0 Å². The normalized spacial score (nSPS) is 12.8. The molecule has 2 rings (SSSR count). The first-order chi connectivity index (χ1) is 10.2. The van der Waals surface area contributed by atoms with Crippen LogP contribution in [0.25, 0.3) is 0 Å². The second-order valence-electron chi connectivity index (χ2n) is 5.19. The third kappa shape index (κ3) is 4.28. The topological polar surface area (TPSA) is 42.7 Å². The van der Waals surface area contributed by atoms with E-state index in [1.807, 2.05) is 11.6 Å². The summed E-state index contributed by atoms with van der Waals surface area (Å²) >= 11 is 8.10. The summed E-state index contributed by atoms with van der Waals surface area (Å²) in [7, 11) is 0. The molecule has 116 valence electrons. The molecule has 0 aliphatic rings. The van der Waals surface area contributed by atoms with E-state index in [9.17, 15) is 0 Å². The third-order valence-electron chi connectivity index (χ3n) is 3.28. The molecule has 0 radical (unpaired) electrons. The summed E-state index contributed by atoms with van der Waals surface area (Å²) in [4.78, 5) is 4.58. The molecule has 6 heteroatoms. The van der Waals surface area contributed by atoms with Gasteiger partial charge < -0.3 is 5.32 Å². The van der Waals surface area contributed by atoms with Gasteiger partial charge in [0.2, 0.25) is 0 Å². The fourth-order valence-electron chi connectivity index (χ4n) is 2.36. The number of halogens is 1. The van der Waals surface area contributed by atoms with Crippen molar-refractivity contribution in [1.29, 1.82) is 0 Å². The van der Waals surface area contributed by atoms with Gasteiger partial charge in [-0.3, -0.25) is 4.68 Å². The minimum absolute atomic E-state index is 0.164. The van der Waals surface area contributed by atoms with Crippen LogP contribution >= 0.6 is 22.9 Å². The maximum atomic E-state index is 6.39. The highest BCUT2D eigenvalue weighted by Crippen LogP contribution is 2.27. The van der Waals surface area contributed by atoms with Gasteiger partial charge in [-0.2, -0.15) is 5.10 Å². The van der Waals surface area contributed by atoms with Gasteiger partial charge in [-0.15, -0.1) is 11.3 Å². The number of hydrogen-bond donors (Lipinski definition) is 1. The van der Waals surface area contributed by atoms with Gasteiger partial charge in [-0.1, -0.05) is 25.4 Å². The van der Waals surface area contributed by atoms with Crippen LogP contribution in [0.5, 0.6) is 0 Å². The summed E-state index contributed by atoms with van der Waals surface area (Å²) in [6.45, 7) is 8.20. The molecule has 0 spiro atoms. The van der Waals surface area contributed by atoms with Gasteiger partial charge in [-0.05, 0) is 26.3 Å². The molecule has 0 fully saturated rings. The number of nitrogens with one attached hydrogen (secondary N) is 1. The van der Waals surface area contributed by atoms with Gasteiger partial charge in [0.15, 0.2) is 0 Å². The number of nitrogens with zero attached hydrogens (tertiary/aromatic N) is 3. The second kappa shape index (κ2) is 7.92. The molecule has 1 N–H and O–H groups in total. The first-order valence-electron chi connectivity index (χ1n) is 7.51. The maximum Gasteiger partial charge on any atom is 0.0947 e. The second-order valence-corrected chi connectivity index (χ2v) is 6.54. The van der Waals surface area contributed by atoms with Crippen LogP contribution in [0.3, 0.4) is 0 Å². The molecule has 0 amide bonds. The van der Waals surface area contributed by atoms with E-state index in [1.54, 1.807) is 17.5 Å². The van der Waals surface area contributed by atoms with Gasteiger partial charge >= 0.3 is 0 Å². The van der Waals surface area contributed by atoms with Crippen LogP contribution in [0.15, 0.2) is 11.6 Å². The summed E-state index contributed by atoms with van der Waals surface area (Å²) in [5.74, 6) is 0. The summed E-state index contributed by atoms with van der Waals surface area (Å²) in [5.41, 5.74) is 2.16. The van der Waals surface area contributed by atoms with Crippen molar-refractivity contribution >= 4 is 22.9 Å². The molecule has 1 atom stereocenters. The molecular weight excluding hydrogens is 304 g/mol. The van der Waals surface area contributed by atoms with Gasteiger partial charge in [-0.25, -0.2) is 4.98 Å². The zero-order chi connectivity index (χ0) is 15.2. The molecule has 21 heavy (non-hydrogen) atoms. The Balaban J connectivity index is 2.24. The lowest BCUT2D eigenvalue weighted by atomic mass is 10.1. The van der Waals surface area contributed by atoms with Crippen LogP contribution in [-0.4, -0.2) is 21.3 Å². The van der Waals surface area contributed by atoms with E-state index in [0.717, 1.165) is 53.8 Å². The predicted octanol–water partition coefficient (Wildman–Crippen LogP) is 3.99. The van der Waals surface area contributed by atoms with Crippen molar-refractivity contribution in [1.82, 2.24) is 20.1 Å². The molecule has 2 aromatic heterocycles. The zero-order valence-electron chi connectivity index (χ0n) is 12.9. The largest absolute Gasteiger partial charge is 0.308 e. The Labute approximate surface area is 135 Å². The lowest BCUT2D eigenvalue weighted by molar-refractivity contribution is 0.468. The van der Waals surface area contributed by atoms with Crippen LogP contribution in [0.4, 0.5) is 0 Å². The van der Waals surface area contributed by atoms with E-state index in [-0.39, 0.29) is 6.04 Å². The van der Waals surface area contributed by atoms with E-state index in [0.29, 0.717) is 0 Å². The molecular formula is C15H23ClN4S. The minimum atomic E-state index is 0.164. The molecule has 0 saturated carbocycles. The van der Waals surface area contributed by atoms with Crippen LogP contribution in [-0.2, 0) is 13.0 Å². The van der Waals surface area contributed by atoms with E-state index < -0.39 is 0 Å². The Kier molecular flexibility index (Phi) is 6.21. The van der Waals surface area contributed by atoms with Gasteiger partial charge in [0, 0.05) is 24.0 Å². The quantitative estimate of drug-likeness (QED) is 0.797. The lowest BCUT2D eigenvalue weighted by Gasteiger charge is -2.19. The van der Waals surface area contributed by atoms with Crippen LogP contribution in [0.1, 0.15) is 49.1 Å². The molecule has 0 bridgehead atoms. The summed E-state index contributed by atoms with van der Waals surface area (Å²) in [6, 6.07) is 0.164. The molecule has 1 unspecified atom stereocenters. The first kappa shape index (κ1) is 16.5. The average Bonchev–Trinajstić information content (AvgIpc) is 3.02. The summed E-state index contributed by atoms with van der Waals surface area (Å²) < 4.78 is 2.02. The van der Waals surface area contributed by atoms with E-state index in [4.69, 9.17) is 11.6 Å². The maximum absolute atomic E-state index is 6.39. The molecule has 2 aromatic rings. The van der Waals surface area contributed by atoms with Crippen molar-refractivity contribution in [2.45, 2.75) is 52.6 Å². The number of hydrogen-bond acceptors (Lipinski definition) is 4. The average molecular weight is 327 g/mol. The fourth-order valence-corrected chi connectivity index (χ4v) is 3.46. The summed E-state index contributed by atoms with van der Waals surface area (Å²) in [6.07, 6.45) is 4.74. The lowest BCUT2D eigenvalue weighted by Crippen LogP contribution is -2.27. The molecule has 0 aliphatic carbocycles. The van der Waals surface area contributed by atoms with E-state index in [2.05, 4.69) is 34.6 Å². The molecule has 0 aliphatic heterocycles. The first-order valence-corrected chi connectivity index (χ1v) is 8.77. The van der Waals surface area contributed by atoms with E-state index >= 15 is 0 Å². The predicted molar refractivity (Wildman–Crippen MR) is 89.1 cm³/mol. The number of rotatable bonds is 8. The highest BCUT2D eigenvalue weighted by atomic mass is 35.5. The molecule has 2 heterocycles. The van der Waals surface area contributed by atoms with E-state index in [1.165, 1.54) is 0 Å². The molecule has 4 nitrogen and oxygen atoms in total. The fraction of sp³-hybridized carbons (Fsp3) is 0.600. The Bertz CT molecular complexity index is 564. The Morgan fingerprint density at radius 3 is 2.81 bits per heavy atom. The van der Waals surface area contributed by atoms with Crippen molar-refractivity contribution in [3.63, 3.8) is 0 Å². The monoisotopic (exact) mass is 326 g/mol. The highest BCUT2D eigenvalue weighted by molar-refractivity contribution is 7.09. The number of thiazole rings is 1. The Hall–Kier alpha value is -0.910. The number of aromatic nitrogens is 3. The van der Waals surface area contributed by atoms with Crippen molar-refractivity contribution in [2.75, 3.05) is 6.54 Å². The highest BCUT2D eigenvalue weighted by Gasteiger charge is 2.21. The third-order valence-corrected chi connectivity index (χ3v) is 4.56. The smallest absolute Gasteiger partial charge is 0.0947 e. The molecule has 0 saturated heterocycles. The van der Waals surface area contributed by atoms with Gasteiger partial charge in [0.1, 0.15) is 0 Å². The summed E-state index contributed by atoms with van der Waals surface area (Å²) in [5, 5.41) is 12.0.